The first-order valence-electron chi connectivity index (χ1n) is 7.31. The molecule has 116 valence electrons. The van der Waals surface area contributed by atoms with Crippen molar-refractivity contribution < 1.29 is 9.90 Å². The molecule has 2 aromatic rings. The van der Waals surface area contributed by atoms with Gasteiger partial charge in [-0.1, -0.05) is 48.5 Å². The molecule has 0 unspecified atom stereocenters. The molecular weight excluding hydrogens is 276 g/mol. The topological polar surface area (TPSA) is 75.3 Å². The van der Waals surface area contributed by atoms with Crippen molar-refractivity contribution in [2.24, 2.45) is 5.73 Å². The van der Waals surface area contributed by atoms with Gasteiger partial charge in [0, 0.05) is 6.61 Å². The van der Waals surface area contributed by atoms with Crippen LogP contribution in [0.1, 0.15) is 25.0 Å². The highest BCUT2D eigenvalue weighted by Gasteiger charge is 2.21. The molecule has 0 heterocycles. The highest BCUT2D eigenvalue weighted by molar-refractivity contribution is 5.73. The number of hydrogen-bond acceptors (Lipinski definition) is 2. The number of rotatable bonds is 5. The van der Waals surface area contributed by atoms with Crippen LogP contribution in [0.5, 0.6) is 0 Å². The summed E-state index contributed by atoms with van der Waals surface area (Å²) in [5, 5.41) is 11.7. The molecule has 2 aromatic carbocycles. The molecule has 0 saturated heterocycles. The van der Waals surface area contributed by atoms with Crippen LogP contribution in [0.2, 0.25) is 0 Å². The van der Waals surface area contributed by atoms with Crippen LogP contribution in [-0.4, -0.2) is 17.7 Å². The summed E-state index contributed by atoms with van der Waals surface area (Å²) in [5.41, 5.74) is 9.04. The quantitative estimate of drug-likeness (QED) is 0.794. The summed E-state index contributed by atoms with van der Waals surface area (Å²) in [4.78, 5) is 11.1. The van der Waals surface area contributed by atoms with Gasteiger partial charge in [0.2, 0.25) is 0 Å². The number of nitrogens with one attached hydrogen (secondary N) is 1. The molecule has 22 heavy (non-hydrogen) atoms. The maximum atomic E-state index is 11.1. The van der Waals surface area contributed by atoms with Crippen LogP contribution in [0.25, 0.3) is 11.1 Å². The molecule has 2 rings (SSSR count). The summed E-state index contributed by atoms with van der Waals surface area (Å²) < 4.78 is 0. The minimum Gasteiger partial charge on any atom is -0.396 e. The molecule has 0 fully saturated rings. The van der Waals surface area contributed by atoms with E-state index in [2.05, 4.69) is 5.32 Å². The van der Waals surface area contributed by atoms with Crippen LogP contribution < -0.4 is 11.1 Å². The van der Waals surface area contributed by atoms with Gasteiger partial charge in [0.15, 0.2) is 0 Å². The van der Waals surface area contributed by atoms with Gasteiger partial charge in [-0.15, -0.1) is 0 Å². The number of benzene rings is 2. The van der Waals surface area contributed by atoms with Crippen LogP contribution in [0.15, 0.2) is 48.5 Å². The van der Waals surface area contributed by atoms with E-state index < -0.39 is 11.6 Å². The second-order valence-corrected chi connectivity index (χ2v) is 5.86. The standard InChI is InChI=1S/C18H22N2O2/c1-18(2,20-17(19)22)16-9-7-15(8-10-16)14-5-3-13(4-6-14)11-12-21/h3-10,21H,11-12H2,1-2H3,(H3,19,20,22). The maximum absolute atomic E-state index is 11.1. The fourth-order valence-corrected chi connectivity index (χ4v) is 2.45. The lowest BCUT2D eigenvalue weighted by Crippen LogP contribution is -2.43. The van der Waals surface area contributed by atoms with Crippen molar-refractivity contribution in [3.63, 3.8) is 0 Å². The number of carbonyl (C=O) groups excluding carboxylic acids is 1. The number of aliphatic hydroxyl groups is 1. The average molecular weight is 298 g/mol. The largest absolute Gasteiger partial charge is 0.396 e. The van der Waals surface area contributed by atoms with Gasteiger partial charge in [-0.2, -0.15) is 0 Å². The average Bonchev–Trinajstić information content (AvgIpc) is 2.47. The van der Waals surface area contributed by atoms with Crippen LogP contribution in [0.3, 0.4) is 0 Å². The first-order valence-corrected chi connectivity index (χ1v) is 7.31. The van der Waals surface area contributed by atoms with E-state index in [1.807, 2.05) is 62.4 Å². The van der Waals surface area contributed by atoms with E-state index in [4.69, 9.17) is 10.8 Å². The van der Waals surface area contributed by atoms with E-state index in [-0.39, 0.29) is 6.61 Å². The zero-order valence-corrected chi connectivity index (χ0v) is 13.0. The molecule has 0 saturated carbocycles. The lowest BCUT2D eigenvalue weighted by molar-refractivity contribution is 0.238. The Bertz CT molecular complexity index is 631. The number of carbonyl (C=O) groups is 1. The van der Waals surface area contributed by atoms with Gasteiger partial charge in [0.05, 0.1) is 5.54 Å². The number of hydrogen-bond donors (Lipinski definition) is 3. The molecule has 0 bridgehead atoms. The Morgan fingerprint density at radius 2 is 1.55 bits per heavy atom. The summed E-state index contributed by atoms with van der Waals surface area (Å²) in [6, 6.07) is 15.7. The zero-order valence-electron chi connectivity index (χ0n) is 13.0. The summed E-state index contributed by atoms with van der Waals surface area (Å²) in [6.45, 7) is 3.99. The maximum Gasteiger partial charge on any atom is 0.312 e. The Morgan fingerprint density at radius 1 is 1.05 bits per heavy atom. The zero-order chi connectivity index (χ0) is 16.2. The van der Waals surface area contributed by atoms with Crippen LogP contribution in [0.4, 0.5) is 4.79 Å². The molecule has 4 N–H and O–H groups in total. The predicted molar refractivity (Wildman–Crippen MR) is 88.4 cm³/mol. The van der Waals surface area contributed by atoms with Gasteiger partial charge in [0.25, 0.3) is 0 Å². The van der Waals surface area contributed by atoms with Crippen molar-refractivity contribution >= 4 is 6.03 Å². The van der Waals surface area contributed by atoms with Crippen LogP contribution in [0, 0.1) is 0 Å². The molecule has 4 nitrogen and oxygen atoms in total. The first kappa shape index (κ1) is 16.0. The van der Waals surface area contributed by atoms with E-state index in [1.54, 1.807) is 0 Å². The summed E-state index contributed by atoms with van der Waals surface area (Å²) in [5.74, 6) is 0. The van der Waals surface area contributed by atoms with Crippen molar-refractivity contribution in [1.29, 1.82) is 0 Å². The molecule has 0 spiro atoms. The molecule has 0 aliphatic carbocycles. The van der Waals surface area contributed by atoms with Crippen molar-refractivity contribution in [3.05, 3.63) is 59.7 Å². The normalized spacial score (nSPS) is 11.2. The Labute approximate surface area is 131 Å². The number of amides is 2. The van der Waals surface area contributed by atoms with Gasteiger partial charge in [-0.25, -0.2) is 4.79 Å². The third kappa shape index (κ3) is 3.86. The Hall–Kier alpha value is -2.33. The van der Waals surface area contributed by atoms with Crippen molar-refractivity contribution in [1.82, 2.24) is 5.32 Å². The molecule has 4 heteroatoms. The fourth-order valence-electron chi connectivity index (χ4n) is 2.45. The number of primary amides is 1. The van der Waals surface area contributed by atoms with E-state index in [9.17, 15) is 4.79 Å². The summed E-state index contributed by atoms with van der Waals surface area (Å²) >= 11 is 0. The molecule has 0 radical (unpaired) electrons. The minimum atomic E-state index is -0.534. The fraction of sp³-hybridized carbons (Fsp3) is 0.278. The van der Waals surface area contributed by atoms with Gasteiger partial charge in [-0.3, -0.25) is 0 Å². The number of urea groups is 1. The van der Waals surface area contributed by atoms with Crippen LogP contribution in [-0.2, 0) is 12.0 Å². The van der Waals surface area contributed by atoms with Gasteiger partial charge >= 0.3 is 6.03 Å². The van der Waals surface area contributed by atoms with Gasteiger partial charge < -0.3 is 16.2 Å². The summed E-state index contributed by atoms with van der Waals surface area (Å²) in [6.07, 6.45) is 0.673. The number of aliphatic hydroxyl groups excluding tert-OH is 1. The van der Waals surface area contributed by atoms with Crippen molar-refractivity contribution in [2.75, 3.05) is 6.61 Å². The number of nitrogens with two attached hydrogens (primary N) is 1. The van der Waals surface area contributed by atoms with Crippen LogP contribution >= 0.6 is 0 Å². The van der Waals surface area contributed by atoms with Gasteiger partial charge in [-0.05, 0) is 42.5 Å². The molecule has 0 aliphatic heterocycles. The minimum absolute atomic E-state index is 0.163. The second kappa shape index (κ2) is 6.62. The third-order valence-electron chi connectivity index (χ3n) is 3.73. The second-order valence-electron chi connectivity index (χ2n) is 5.86. The van der Waals surface area contributed by atoms with E-state index in [0.29, 0.717) is 6.42 Å². The molecule has 0 aliphatic rings. The smallest absolute Gasteiger partial charge is 0.312 e. The molecule has 0 atom stereocenters. The summed E-state index contributed by atoms with van der Waals surface area (Å²) in [7, 11) is 0. The SMILES string of the molecule is CC(C)(NC(N)=O)c1ccc(-c2ccc(CCO)cc2)cc1. The van der Waals surface area contributed by atoms with E-state index in [0.717, 1.165) is 22.3 Å². The van der Waals surface area contributed by atoms with Crippen molar-refractivity contribution in [2.45, 2.75) is 25.8 Å². The lowest BCUT2D eigenvalue weighted by atomic mass is 9.92. The predicted octanol–water partition coefficient (Wildman–Crippen LogP) is 2.79. The lowest BCUT2D eigenvalue weighted by Gasteiger charge is -2.26. The first-order chi connectivity index (χ1) is 10.4. The third-order valence-corrected chi connectivity index (χ3v) is 3.73. The van der Waals surface area contributed by atoms with Gasteiger partial charge in [0.1, 0.15) is 0 Å². The Kier molecular flexibility index (Phi) is 4.83. The van der Waals surface area contributed by atoms with E-state index >= 15 is 0 Å². The van der Waals surface area contributed by atoms with Crippen molar-refractivity contribution in [3.8, 4) is 11.1 Å². The highest BCUT2D eigenvalue weighted by Crippen LogP contribution is 2.25. The Balaban J connectivity index is 2.19. The molecular formula is C18H22N2O2. The highest BCUT2D eigenvalue weighted by atomic mass is 16.3. The van der Waals surface area contributed by atoms with E-state index in [1.165, 1.54) is 0 Å². The Morgan fingerprint density at radius 3 is 2.00 bits per heavy atom. The molecule has 2 amide bonds. The molecule has 0 aromatic heterocycles. The monoisotopic (exact) mass is 298 g/mol.